The Balaban J connectivity index is 2.01. The molecule has 8 heteroatoms. The monoisotopic (exact) mass is 490 g/mol. The van der Waals surface area contributed by atoms with Crippen molar-refractivity contribution in [3.05, 3.63) is 25.3 Å². The smallest absolute Gasteiger partial charge is 0.312 e. The summed E-state index contributed by atoms with van der Waals surface area (Å²) in [6.07, 6.45) is 7.61. The summed E-state index contributed by atoms with van der Waals surface area (Å²) in [7, 11) is 0. The molecule has 3 saturated heterocycles. The van der Waals surface area contributed by atoms with Crippen LogP contribution in [0.2, 0.25) is 0 Å². The van der Waals surface area contributed by atoms with Gasteiger partial charge in [-0.2, -0.15) is 0 Å². The topological polar surface area (TPSA) is 96.4 Å². The number of esters is 1. The number of allylic oxidation sites excluding steroid dienone is 1. The van der Waals surface area contributed by atoms with Gasteiger partial charge in [-0.25, -0.2) is 0 Å². The van der Waals surface area contributed by atoms with Crippen LogP contribution >= 0.6 is 0 Å². The molecule has 3 aliphatic heterocycles. The average Bonchev–Trinajstić information content (AvgIpc) is 3.40. The van der Waals surface area contributed by atoms with E-state index in [1.807, 2.05) is 13.8 Å². The first-order valence-corrected chi connectivity index (χ1v) is 13.0. The Bertz CT molecular complexity index is 846. The first kappa shape index (κ1) is 27.4. The minimum absolute atomic E-state index is 0.0536. The number of carbonyl (C=O) groups is 3. The van der Waals surface area contributed by atoms with Crippen LogP contribution in [0.3, 0.4) is 0 Å². The van der Waals surface area contributed by atoms with Gasteiger partial charge in [0.15, 0.2) is 0 Å². The maximum Gasteiger partial charge on any atom is 0.312 e. The van der Waals surface area contributed by atoms with E-state index in [1.165, 1.54) is 4.90 Å². The quantitative estimate of drug-likeness (QED) is 0.242. The lowest BCUT2D eigenvalue weighted by Crippen LogP contribution is -2.59. The van der Waals surface area contributed by atoms with Crippen molar-refractivity contribution in [3.8, 4) is 0 Å². The Morgan fingerprint density at radius 1 is 1.31 bits per heavy atom. The summed E-state index contributed by atoms with van der Waals surface area (Å²) in [5, 5.41) is 10.00. The molecule has 0 aromatic heterocycles. The van der Waals surface area contributed by atoms with Gasteiger partial charge in [-0.05, 0) is 52.9 Å². The van der Waals surface area contributed by atoms with E-state index in [9.17, 15) is 19.5 Å². The summed E-state index contributed by atoms with van der Waals surface area (Å²) in [4.78, 5) is 44.6. The van der Waals surface area contributed by atoms with Crippen LogP contribution in [-0.4, -0.2) is 81.8 Å². The van der Waals surface area contributed by atoms with E-state index in [-0.39, 0.29) is 31.1 Å². The minimum atomic E-state index is -1.12. The molecule has 3 fully saturated rings. The van der Waals surface area contributed by atoms with Crippen LogP contribution in [0.15, 0.2) is 25.3 Å². The zero-order chi connectivity index (χ0) is 26.0. The first-order chi connectivity index (χ1) is 16.6. The van der Waals surface area contributed by atoms with E-state index < -0.39 is 41.1 Å². The zero-order valence-electron chi connectivity index (χ0n) is 21.7. The standard InChI is InChI=1S/C27H42N2O6/c1-7-10-11-16-34-25(33)21-20-23(31)29(19(5)17-30)22(27(20)14-13-26(21,6)35-27)24(32)28(15-9-3)18(4)12-8-2/h7,9,18-22,30H,1,3,8,10-17H2,2,4-6H3/t18?,19-,20+,21-,22?,26+,27?/m1/s1. The van der Waals surface area contributed by atoms with Crippen LogP contribution in [0.25, 0.3) is 0 Å². The SMILES string of the molecule is C=CCCCOC(=O)[C@H]1[C@H]2C(=O)N([C@H](C)CO)C(C(=O)N(CC=C)C(C)CCC)C23CC[C@]1(C)O3. The molecule has 7 atom stereocenters. The average molecular weight is 491 g/mol. The van der Waals surface area contributed by atoms with Gasteiger partial charge < -0.3 is 24.4 Å². The number of nitrogens with zero attached hydrogens (tertiary/aromatic N) is 2. The fourth-order valence-corrected chi connectivity index (χ4v) is 6.41. The Labute approximate surface area is 209 Å². The fraction of sp³-hybridized carbons (Fsp3) is 0.741. The summed E-state index contributed by atoms with van der Waals surface area (Å²) in [6, 6.07) is -1.56. The molecule has 2 bridgehead atoms. The molecular formula is C27H42N2O6. The van der Waals surface area contributed by atoms with Crippen molar-refractivity contribution < 1.29 is 29.0 Å². The van der Waals surface area contributed by atoms with Crippen molar-refractivity contribution in [1.29, 1.82) is 0 Å². The second-order valence-electron chi connectivity index (χ2n) is 10.5. The lowest BCUT2D eigenvalue weighted by molar-refractivity contribution is -0.162. The number of unbranched alkanes of at least 4 members (excludes halogenated alkanes) is 1. The molecule has 0 aromatic carbocycles. The summed E-state index contributed by atoms with van der Waals surface area (Å²) in [5.41, 5.74) is -2.00. The van der Waals surface area contributed by atoms with Crippen molar-refractivity contribution in [2.45, 2.75) is 95.5 Å². The normalized spacial score (nSPS) is 32.8. The van der Waals surface area contributed by atoms with Gasteiger partial charge in [0.1, 0.15) is 17.6 Å². The molecule has 8 nitrogen and oxygen atoms in total. The number of aliphatic hydroxyl groups is 1. The molecule has 1 spiro atoms. The van der Waals surface area contributed by atoms with Gasteiger partial charge in [0.2, 0.25) is 11.8 Å². The molecule has 0 saturated carbocycles. The number of hydrogen-bond donors (Lipinski definition) is 1. The predicted octanol–water partition coefficient (Wildman–Crippen LogP) is 2.84. The molecule has 35 heavy (non-hydrogen) atoms. The highest BCUT2D eigenvalue weighted by molar-refractivity contribution is 5.98. The third-order valence-corrected chi connectivity index (χ3v) is 8.09. The van der Waals surface area contributed by atoms with Crippen molar-refractivity contribution >= 4 is 17.8 Å². The van der Waals surface area contributed by atoms with E-state index >= 15 is 0 Å². The van der Waals surface area contributed by atoms with E-state index in [1.54, 1.807) is 24.0 Å². The van der Waals surface area contributed by atoms with Gasteiger partial charge in [0, 0.05) is 12.6 Å². The molecule has 3 aliphatic rings. The van der Waals surface area contributed by atoms with E-state index in [4.69, 9.17) is 9.47 Å². The Kier molecular flexibility index (Phi) is 8.48. The summed E-state index contributed by atoms with van der Waals surface area (Å²) in [6.45, 7) is 15.4. The van der Waals surface area contributed by atoms with Gasteiger partial charge in [-0.1, -0.05) is 25.5 Å². The van der Waals surface area contributed by atoms with E-state index in [2.05, 4.69) is 20.1 Å². The maximum absolute atomic E-state index is 14.2. The number of amides is 2. The van der Waals surface area contributed by atoms with Gasteiger partial charge in [0.25, 0.3) is 0 Å². The first-order valence-electron chi connectivity index (χ1n) is 13.0. The molecule has 3 heterocycles. The number of carbonyl (C=O) groups excluding carboxylic acids is 3. The third-order valence-electron chi connectivity index (χ3n) is 8.09. The fourth-order valence-electron chi connectivity index (χ4n) is 6.41. The summed E-state index contributed by atoms with van der Waals surface area (Å²) < 4.78 is 12.2. The van der Waals surface area contributed by atoms with Crippen molar-refractivity contribution in [1.82, 2.24) is 9.80 Å². The number of rotatable bonds is 13. The number of aliphatic hydroxyl groups excluding tert-OH is 1. The minimum Gasteiger partial charge on any atom is -0.465 e. The summed E-state index contributed by atoms with van der Waals surface area (Å²) >= 11 is 0. The van der Waals surface area contributed by atoms with Crippen LogP contribution in [0.5, 0.6) is 0 Å². The van der Waals surface area contributed by atoms with Crippen LogP contribution in [0, 0.1) is 11.8 Å². The highest BCUT2D eigenvalue weighted by Crippen LogP contribution is 2.63. The predicted molar refractivity (Wildman–Crippen MR) is 132 cm³/mol. The molecule has 3 rings (SSSR count). The number of hydrogen-bond acceptors (Lipinski definition) is 6. The lowest BCUT2D eigenvalue weighted by atomic mass is 9.66. The molecule has 3 unspecified atom stereocenters. The molecule has 0 aliphatic carbocycles. The number of likely N-dealkylation sites (tertiary alicyclic amines) is 1. The largest absolute Gasteiger partial charge is 0.465 e. The highest BCUT2D eigenvalue weighted by atomic mass is 16.6. The molecule has 196 valence electrons. The second-order valence-corrected chi connectivity index (χ2v) is 10.5. The van der Waals surface area contributed by atoms with Crippen LogP contribution in [-0.2, 0) is 23.9 Å². The van der Waals surface area contributed by atoms with Gasteiger partial charge in [-0.15, -0.1) is 13.2 Å². The molecule has 0 radical (unpaired) electrons. The van der Waals surface area contributed by atoms with Crippen LogP contribution < -0.4 is 0 Å². The lowest BCUT2D eigenvalue weighted by Gasteiger charge is -2.40. The van der Waals surface area contributed by atoms with E-state index in [0.717, 1.165) is 19.3 Å². The van der Waals surface area contributed by atoms with Crippen molar-refractivity contribution in [2.24, 2.45) is 11.8 Å². The Morgan fingerprint density at radius 2 is 2.03 bits per heavy atom. The second kappa shape index (κ2) is 10.8. The van der Waals surface area contributed by atoms with Gasteiger partial charge in [0.05, 0.1) is 30.8 Å². The van der Waals surface area contributed by atoms with Crippen LogP contribution in [0.1, 0.15) is 66.2 Å². The number of ether oxygens (including phenoxy) is 2. The molecule has 2 amide bonds. The van der Waals surface area contributed by atoms with Gasteiger partial charge in [-0.3, -0.25) is 14.4 Å². The van der Waals surface area contributed by atoms with Crippen molar-refractivity contribution in [2.75, 3.05) is 19.8 Å². The zero-order valence-corrected chi connectivity index (χ0v) is 21.7. The van der Waals surface area contributed by atoms with Crippen molar-refractivity contribution in [3.63, 3.8) is 0 Å². The third kappa shape index (κ3) is 4.55. The maximum atomic E-state index is 14.2. The molecule has 0 aromatic rings. The Hall–Kier alpha value is -2.19. The molecule has 1 N–H and O–H groups in total. The van der Waals surface area contributed by atoms with E-state index in [0.29, 0.717) is 25.8 Å². The highest BCUT2D eigenvalue weighted by Gasteiger charge is 2.79. The van der Waals surface area contributed by atoms with Gasteiger partial charge >= 0.3 is 5.97 Å². The Morgan fingerprint density at radius 3 is 2.63 bits per heavy atom. The number of fused-ring (bicyclic) bond motifs is 1. The van der Waals surface area contributed by atoms with Crippen LogP contribution in [0.4, 0.5) is 0 Å². The summed E-state index contributed by atoms with van der Waals surface area (Å²) in [5.74, 6) is -2.60. The molecular weight excluding hydrogens is 448 g/mol.